The summed E-state index contributed by atoms with van der Waals surface area (Å²) in [7, 11) is 0. The molecular weight excluding hydrogens is 226 g/mol. The van der Waals surface area contributed by atoms with E-state index in [-0.39, 0.29) is 0 Å². The Morgan fingerprint density at radius 3 is 2.72 bits per heavy atom. The van der Waals surface area contributed by atoms with Gasteiger partial charge in [-0.3, -0.25) is 4.40 Å². The Kier molecular flexibility index (Phi) is 2.41. The number of hydrogen-bond donors (Lipinski definition) is 2. The van der Waals surface area contributed by atoms with Crippen molar-refractivity contribution in [3.8, 4) is 5.75 Å². The first kappa shape index (κ1) is 10.7. The number of imidazole rings is 1. The van der Waals surface area contributed by atoms with Crippen LogP contribution in [-0.4, -0.2) is 14.5 Å². The minimum absolute atomic E-state index is 0.294. The minimum Gasteiger partial charge on any atom is -0.508 e. The molecule has 0 atom stereocenters. The van der Waals surface area contributed by atoms with Crippen molar-refractivity contribution in [1.82, 2.24) is 9.38 Å². The Bertz CT molecular complexity index is 703. The molecule has 18 heavy (non-hydrogen) atoms. The number of rotatable bonds is 2. The summed E-state index contributed by atoms with van der Waals surface area (Å²) < 4.78 is 1.84. The largest absolute Gasteiger partial charge is 0.508 e. The third-order valence-electron chi connectivity index (χ3n) is 2.94. The zero-order valence-electron chi connectivity index (χ0n) is 9.74. The number of para-hydroxylation sites is 1. The van der Waals surface area contributed by atoms with Crippen LogP contribution in [0.5, 0.6) is 5.75 Å². The maximum Gasteiger partial charge on any atom is 0.138 e. The molecule has 2 aromatic heterocycles. The number of phenolic OH excluding ortho intramolecular Hbond substituents is 1. The van der Waals surface area contributed by atoms with Crippen molar-refractivity contribution in [3.05, 3.63) is 59.9 Å². The van der Waals surface area contributed by atoms with E-state index in [1.54, 1.807) is 12.1 Å². The smallest absolute Gasteiger partial charge is 0.138 e. The quantitative estimate of drug-likeness (QED) is 0.720. The van der Waals surface area contributed by atoms with E-state index >= 15 is 0 Å². The monoisotopic (exact) mass is 239 g/mol. The number of fused-ring (bicyclic) bond motifs is 1. The molecule has 4 nitrogen and oxygen atoms in total. The van der Waals surface area contributed by atoms with Crippen LogP contribution in [0.4, 0.5) is 5.82 Å². The standard InChI is InChI=1S/C14H13N3O/c15-13-6-3-7-14-16-11(9-17(13)14)8-10-4-1-2-5-12(10)18/h1-7,9,18H,8,15H2. The van der Waals surface area contributed by atoms with Crippen LogP contribution in [0.15, 0.2) is 48.7 Å². The first-order valence-corrected chi connectivity index (χ1v) is 5.73. The van der Waals surface area contributed by atoms with E-state index in [0.29, 0.717) is 18.0 Å². The summed E-state index contributed by atoms with van der Waals surface area (Å²) >= 11 is 0. The second-order valence-corrected chi connectivity index (χ2v) is 4.22. The van der Waals surface area contributed by atoms with Crippen LogP contribution in [0.1, 0.15) is 11.3 Å². The summed E-state index contributed by atoms with van der Waals surface area (Å²) in [5.74, 6) is 0.950. The molecule has 3 aromatic rings. The van der Waals surface area contributed by atoms with Crippen molar-refractivity contribution in [2.45, 2.75) is 6.42 Å². The van der Waals surface area contributed by atoms with E-state index in [2.05, 4.69) is 4.98 Å². The van der Waals surface area contributed by atoms with E-state index in [1.165, 1.54) is 0 Å². The second kappa shape index (κ2) is 4.07. The summed E-state index contributed by atoms with van der Waals surface area (Å²) in [6.45, 7) is 0. The lowest BCUT2D eigenvalue weighted by Crippen LogP contribution is -1.93. The lowest BCUT2D eigenvalue weighted by Gasteiger charge is -2.00. The zero-order valence-corrected chi connectivity index (χ0v) is 9.74. The molecule has 0 bridgehead atoms. The van der Waals surface area contributed by atoms with Gasteiger partial charge in [-0.05, 0) is 23.8 Å². The second-order valence-electron chi connectivity index (χ2n) is 4.22. The molecule has 1 aromatic carbocycles. The molecule has 0 amide bonds. The fourth-order valence-electron chi connectivity index (χ4n) is 2.02. The van der Waals surface area contributed by atoms with E-state index in [9.17, 15) is 5.11 Å². The van der Waals surface area contributed by atoms with E-state index in [1.807, 2.05) is 40.9 Å². The number of anilines is 1. The molecule has 0 aliphatic carbocycles. The van der Waals surface area contributed by atoms with Crippen LogP contribution in [0.2, 0.25) is 0 Å². The van der Waals surface area contributed by atoms with Crippen molar-refractivity contribution < 1.29 is 5.11 Å². The Morgan fingerprint density at radius 1 is 1.11 bits per heavy atom. The zero-order chi connectivity index (χ0) is 12.5. The van der Waals surface area contributed by atoms with Crippen LogP contribution in [0.25, 0.3) is 5.65 Å². The highest BCUT2D eigenvalue weighted by atomic mass is 16.3. The van der Waals surface area contributed by atoms with Crippen molar-refractivity contribution in [2.75, 3.05) is 5.73 Å². The number of aromatic hydroxyl groups is 1. The molecule has 0 aliphatic heterocycles. The molecule has 90 valence electrons. The Hall–Kier alpha value is -2.49. The third kappa shape index (κ3) is 1.78. The van der Waals surface area contributed by atoms with Crippen LogP contribution < -0.4 is 5.73 Å². The van der Waals surface area contributed by atoms with Gasteiger partial charge in [-0.15, -0.1) is 0 Å². The first-order valence-electron chi connectivity index (χ1n) is 5.73. The highest BCUT2D eigenvalue weighted by Crippen LogP contribution is 2.20. The van der Waals surface area contributed by atoms with Crippen molar-refractivity contribution in [2.24, 2.45) is 0 Å². The van der Waals surface area contributed by atoms with E-state index in [0.717, 1.165) is 16.9 Å². The van der Waals surface area contributed by atoms with Gasteiger partial charge < -0.3 is 10.8 Å². The fraction of sp³-hybridized carbons (Fsp3) is 0.0714. The average Bonchev–Trinajstić information content (AvgIpc) is 2.76. The van der Waals surface area contributed by atoms with Gasteiger partial charge in [0.05, 0.1) is 5.69 Å². The van der Waals surface area contributed by atoms with Gasteiger partial charge in [0.25, 0.3) is 0 Å². The van der Waals surface area contributed by atoms with Crippen LogP contribution in [-0.2, 0) is 6.42 Å². The van der Waals surface area contributed by atoms with Crippen molar-refractivity contribution in [3.63, 3.8) is 0 Å². The summed E-state index contributed by atoms with van der Waals surface area (Å²) in [6.07, 6.45) is 2.49. The third-order valence-corrected chi connectivity index (χ3v) is 2.94. The predicted molar refractivity (Wildman–Crippen MR) is 70.5 cm³/mol. The van der Waals surface area contributed by atoms with E-state index < -0.39 is 0 Å². The number of nitrogen functional groups attached to an aromatic ring is 1. The van der Waals surface area contributed by atoms with Crippen LogP contribution in [0, 0.1) is 0 Å². The normalized spacial score (nSPS) is 10.9. The molecule has 0 radical (unpaired) electrons. The number of nitrogens with two attached hydrogens (primary N) is 1. The number of nitrogens with zero attached hydrogens (tertiary/aromatic N) is 2. The molecule has 2 heterocycles. The molecule has 0 spiro atoms. The van der Waals surface area contributed by atoms with Crippen LogP contribution in [0.3, 0.4) is 0 Å². The maximum absolute atomic E-state index is 9.74. The molecule has 4 heteroatoms. The number of hydrogen-bond acceptors (Lipinski definition) is 3. The Morgan fingerprint density at radius 2 is 1.94 bits per heavy atom. The first-order chi connectivity index (χ1) is 8.74. The molecule has 0 unspecified atom stereocenters. The van der Waals surface area contributed by atoms with Gasteiger partial charge in [-0.2, -0.15) is 0 Å². The molecule has 0 aliphatic rings. The minimum atomic E-state index is 0.294. The van der Waals surface area contributed by atoms with Gasteiger partial charge in [0.1, 0.15) is 17.2 Å². The molecule has 0 saturated heterocycles. The van der Waals surface area contributed by atoms with Gasteiger partial charge in [0.15, 0.2) is 0 Å². The van der Waals surface area contributed by atoms with E-state index in [4.69, 9.17) is 5.73 Å². The highest BCUT2D eigenvalue weighted by Gasteiger charge is 2.06. The summed E-state index contributed by atoms with van der Waals surface area (Å²) in [6, 6.07) is 12.9. The van der Waals surface area contributed by atoms with Crippen molar-refractivity contribution in [1.29, 1.82) is 0 Å². The molecular formula is C14H13N3O. The summed E-state index contributed by atoms with van der Waals surface area (Å²) in [4.78, 5) is 4.48. The Labute approximate surface area is 104 Å². The molecule has 0 saturated carbocycles. The Balaban J connectivity index is 2.01. The number of phenols is 1. The number of benzene rings is 1. The molecule has 0 fully saturated rings. The van der Waals surface area contributed by atoms with Gasteiger partial charge in [0, 0.05) is 12.6 Å². The maximum atomic E-state index is 9.74. The fourth-order valence-corrected chi connectivity index (χ4v) is 2.02. The van der Waals surface area contributed by atoms with Gasteiger partial charge >= 0.3 is 0 Å². The number of aromatic nitrogens is 2. The number of pyridine rings is 1. The molecule has 3 N–H and O–H groups in total. The molecule has 3 rings (SSSR count). The summed E-state index contributed by atoms with van der Waals surface area (Å²) in [5.41, 5.74) is 8.43. The lowest BCUT2D eigenvalue weighted by atomic mass is 10.1. The summed E-state index contributed by atoms with van der Waals surface area (Å²) in [5, 5.41) is 9.74. The van der Waals surface area contributed by atoms with Crippen molar-refractivity contribution >= 4 is 11.5 Å². The lowest BCUT2D eigenvalue weighted by molar-refractivity contribution is 0.469. The average molecular weight is 239 g/mol. The van der Waals surface area contributed by atoms with Gasteiger partial charge in [0.2, 0.25) is 0 Å². The van der Waals surface area contributed by atoms with Gasteiger partial charge in [-0.1, -0.05) is 24.3 Å². The predicted octanol–water partition coefficient (Wildman–Crippen LogP) is 2.21. The highest BCUT2D eigenvalue weighted by molar-refractivity contribution is 5.49. The topological polar surface area (TPSA) is 63.5 Å². The van der Waals surface area contributed by atoms with Gasteiger partial charge in [-0.25, -0.2) is 4.98 Å². The SMILES string of the molecule is Nc1cccc2nc(Cc3ccccc3O)cn12. The van der Waals surface area contributed by atoms with Crippen LogP contribution >= 0.6 is 0 Å².